The van der Waals surface area contributed by atoms with Gasteiger partial charge < -0.3 is 29.6 Å². The maximum atomic E-state index is 12.9. The van der Waals surface area contributed by atoms with Gasteiger partial charge in [0.1, 0.15) is 22.1 Å². The quantitative estimate of drug-likeness (QED) is 0.0538. The molecule has 5 aliphatic rings. The minimum absolute atomic E-state index is 0.00985. The molecule has 2 N–H and O–H groups in total. The van der Waals surface area contributed by atoms with E-state index >= 15 is 0 Å². The Morgan fingerprint density at radius 1 is 0.485 bits per heavy atom. The van der Waals surface area contributed by atoms with Gasteiger partial charge in [0, 0.05) is 85.2 Å². The Morgan fingerprint density at radius 3 is 1.53 bits per heavy atom. The van der Waals surface area contributed by atoms with Gasteiger partial charge in [0.25, 0.3) is 0 Å². The Morgan fingerprint density at radius 2 is 0.977 bits per heavy atom. The number of aryl methyl sites for hydroxylation is 3. The third-order valence-corrected chi connectivity index (χ3v) is 25.9. The monoisotopic (exact) mass is 1740 g/mol. The van der Waals surface area contributed by atoms with Crippen molar-refractivity contribution >= 4 is 66.5 Å². The first-order valence-corrected chi connectivity index (χ1v) is 46.7. The highest BCUT2D eigenvalue weighted by Gasteiger charge is 2.40. The molecule has 20 rings (SSSR count). The van der Waals surface area contributed by atoms with E-state index in [1.54, 1.807) is 0 Å². The Hall–Kier alpha value is -15.0. The van der Waals surface area contributed by atoms with Crippen LogP contribution in [0.3, 0.4) is 0 Å². The van der Waals surface area contributed by atoms with Gasteiger partial charge in [0.05, 0.1) is 33.8 Å². The van der Waals surface area contributed by atoms with Gasteiger partial charge in [-0.15, -0.1) is 11.3 Å². The first-order chi connectivity index (χ1) is 64.6. The Balaban J connectivity index is 0.000000121. The predicted molar refractivity (Wildman–Crippen MR) is 555 cm³/mol. The van der Waals surface area contributed by atoms with Crippen molar-refractivity contribution in [2.24, 2.45) is 11.8 Å². The SMILES string of the molecule is C(C=C(c1ccccc1)c1ccccc1)=C(c1ccccc1)c1ccccc1.C=C1C2=CC3Nc4ccccc4C(=O)C3C=C2NC2C=CC=CC12.CC1=CC(=C(C)C)C=C(CCc2ccc(N(C)C)cc2)O1.CCN(CC)c1ccc2cc(-c3nc4ccccc4s3)c(=O)oc2c1.c1ccc(CCc2ccc(-c3ccc(CC(c4ccccc4)c4ccccc4)cc3)cc2)cc1. The molecule has 0 radical (unpaired) electrons. The summed E-state index contributed by atoms with van der Waals surface area (Å²) in [5.41, 5.74) is 29.6. The van der Waals surface area contributed by atoms with E-state index in [1.165, 1.54) is 106 Å². The number of fused-ring (bicyclic) bond motifs is 6. The molecule has 3 aliphatic heterocycles. The van der Waals surface area contributed by atoms with E-state index in [2.05, 4.69) is 426 Å². The molecular weight excluding hydrogens is 1630 g/mol. The Bertz CT molecular complexity index is 6570. The standard InChI is InChI=1S/C34H30.C28H22.C21H18N2O.C20H18N2O2S.C19H25NO/c1-4-10-27(11-5-1)16-17-28-18-22-30(23-19-28)31-24-20-29(21-25-31)26-34(32-12-6-2-7-13-32)33-14-8-3-9-15-33;1-5-13-23(14-6-1)27(24-15-7-2-8-16-24)21-22-28(25-17-9-3-10-18-25)26-19-11-4-12-20-26;1-12-13-6-2-4-8-17(13)22-19-11-16-20(10-15(12)19)23-18-9-5-3-7-14(18)21(16)24;1-3-22(4-2)14-10-9-13-11-15(20(23)24-17(13)12-14)19-21-16-7-5-6-8-18(16)25-19;1-14(2)17-12-15(3)21-19(13-17)11-8-16-6-9-18(10-7-16)20(4)5/h1-15,18-25,34H,16-17,26H2;1-22H;2-11,13,16-17,20,22-23H,1H2;5-12H,3-4H2,1-2H3;6-7,9-10,12-13H,8,11H2,1-5H3. The van der Waals surface area contributed by atoms with Crippen LogP contribution in [0.2, 0.25) is 0 Å². The van der Waals surface area contributed by atoms with E-state index in [4.69, 9.17) is 9.15 Å². The molecule has 1 fully saturated rings. The minimum atomic E-state index is -0.344. The van der Waals surface area contributed by atoms with Crippen LogP contribution >= 0.6 is 11.3 Å². The summed E-state index contributed by atoms with van der Waals surface area (Å²) in [5, 5.41) is 8.70. The molecule has 0 bridgehead atoms. The second-order valence-electron chi connectivity index (χ2n) is 34.2. The van der Waals surface area contributed by atoms with Crippen LogP contribution in [0.25, 0.3) is 54.0 Å². The van der Waals surface area contributed by atoms with E-state index in [0.29, 0.717) is 22.1 Å². The lowest BCUT2D eigenvalue weighted by atomic mass is 9.74. The van der Waals surface area contributed by atoms with E-state index < -0.39 is 0 Å². The summed E-state index contributed by atoms with van der Waals surface area (Å²) in [5.74, 6) is 2.69. The Kier molecular flexibility index (Phi) is 30.1. The lowest BCUT2D eigenvalue weighted by Gasteiger charge is -2.41. The number of ether oxygens (including phenoxy) is 1. The van der Waals surface area contributed by atoms with Gasteiger partial charge in [-0.2, -0.15) is 0 Å². The predicted octanol–water partition coefficient (Wildman–Crippen LogP) is 28.9. The molecule has 9 nitrogen and oxygen atoms in total. The fourth-order valence-corrected chi connectivity index (χ4v) is 18.5. The van der Waals surface area contributed by atoms with Crippen LogP contribution in [-0.4, -0.2) is 50.0 Å². The number of Topliss-reactive ketones (excluding diaryl/α,β-unsaturated/α-hetero) is 1. The molecule has 15 aromatic rings. The number of benzene rings is 13. The first-order valence-electron chi connectivity index (χ1n) is 45.9. The minimum Gasteiger partial charge on any atom is -0.466 e. The topological polar surface area (TPSA) is 99.9 Å². The van der Waals surface area contributed by atoms with Crippen LogP contribution in [0.1, 0.15) is 113 Å². The fourth-order valence-electron chi connectivity index (χ4n) is 17.5. The summed E-state index contributed by atoms with van der Waals surface area (Å²) in [6, 6.07) is 125. The lowest BCUT2D eigenvalue weighted by Crippen LogP contribution is -2.46. The van der Waals surface area contributed by atoms with Crippen molar-refractivity contribution in [3.8, 4) is 21.7 Å². The molecule has 132 heavy (non-hydrogen) atoms. The third kappa shape index (κ3) is 22.8. The molecule has 2 aliphatic carbocycles. The number of rotatable bonds is 21. The van der Waals surface area contributed by atoms with E-state index in [-0.39, 0.29) is 35.3 Å². The summed E-state index contributed by atoms with van der Waals surface area (Å²) < 4.78 is 12.5. The first kappa shape index (κ1) is 90.4. The number of carbonyl (C=O) groups excluding carboxylic acids is 1. The maximum Gasteiger partial charge on any atom is 0.346 e. The molecule has 656 valence electrons. The molecule has 4 unspecified atom stereocenters. The molecule has 10 heteroatoms. The van der Waals surface area contributed by atoms with Crippen molar-refractivity contribution in [1.29, 1.82) is 0 Å². The smallest absolute Gasteiger partial charge is 0.346 e. The maximum absolute atomic E-state index is 12.9. The summed E-state index contributed by atoms with van der Waals surface area (Å²) >= 11 is 1.51. The number of ketones is 1. The Labute approximate surface area is 782 Å². The van der Waals surface area contributed by atoms with Crippen molar-refractivity contribution in [2.75, 3.05) is 42.3 Å². The summed E-state index contributed by atoms with van der Waals surface area (Å²) in [6.07, 6.45) is 26.6. The summed E-state index contributed by atoms with van der Waals surface area (Å²) in [6.45, 7) is 16.7. The zero-order valence-corrected chi connectivity index (χ0v) is 77.1. The van der Waals surface area contributed by atoms with Gasteiger partial charge in [-0.05, 0) is 228 Å². The molecule has 0 spiro atoms. The average Bonchev–Trinajstić information content (AvgIpc) is 0.828. The van der Waals surface area contributed by atoms with Crippen molar-refractivity contribution in [2.45, 2.75) is 84.7 Å². The second kappa shape index (κ2) is 43.9. The number of hydrogen-bond acceptors (Lipinski definition) is 10. The van der Waals surface area contributed by atoms with Crippen LogP contribution in [0.4, 0.5) is 17.1 Å². The van der Waals surface area contributed by atoms with Crippen LogP contribution < -0.4 is 26.1 Å². The van der Waals surface area contributed by atoms with Gasteiger partial charge in [0.2, 0.25) is 0 Å². The van der Waals surface area contributed by atoms with Gasteiger partial charge in [-0.25, -0.2) is 9.78 Å². The number of carbonyl (C=O) groups is 1. The average molecular weight is 1750 g/mol. The number of para-hydroxylation sites is 2. The second-order valence-corrected chi connectivity index (χ2v) is 35.2. The molecule has 0 amide bonds. The number of anilines is 3. The normalized spacial score (nSPS) is 15.3. The van der Waals surface area contributed by atoms with E-state index in [0.717, 1.165) is 106 Å². The number of aromatic nitrogens is 1. The van der Waals surface area contributed by atoms with Crippen LogP contribution in [0.5, 0.6) is 0 Å². The highest BCUT2D eigenvalue weighted by molar-refractivity contribution is 7.21. The highest BCUT2D eigenvalue weighted by atomic mass is 32.1. The number of nitrogens with zero attached hydrogens (tertiary/aromatic N) is 3. The molecule has 5 heterocycles. The van der Waals surface area contributed by atoms with Crippen molar-refractivity contribution in [3.63, 3.8) is 0 Å². The van der Waals surface area contributed by atoms with Gasteiger partial charge >= 0.3 is 5.63 Å². The van der Waals surface area contributed by atoms with Crippen LogP contribution in [0.15, 0.2) is 474 Å². The van der Waals surface area contributed by atoms with Crippen LogP contribution in [-0.2, 0) is 30.4 Å². The van der Waals surface area contributed by atoms with Crippen molar-refractivity contribution in [3.05, 3.63) is 536 Å². The van der Waals surface area contributed by atoms with Crippen LogP contribution in [0, 0.1) is 11.8 Å². The zero-order valence-electron chi connectivity index (χ0n) is 76.3. The molecule has 1 saturated heterocycles. The number of thiazole rings is 1. The van der Waals surface area contributed by atoms with Gasteiger partial charge in [-0.1, -0.05) is 352 Å². The largest absolute Gasteiger partial charge is 0.466 e. The lowest BCUT2D eigenvalue weighted by molar-refractivity contribution is 0.0934. The summed E-state index contributed by atoms with van der Waals surface area (Å²) in [4.78, 5) is 34.3. The molecule has 0 saturated carbocycles. The summed E-state index contributed by atoms with van der Waals surface area (Å²) in [7, 11) is 4.12. The molecule has 13 aromatic carbocycles. The van der Waals surface area contributed by atoms with Crippen molar-refractivity contribution in [1.82, 2.24) is 10.3 Å². The molecule has 4 atom stereocenters. The molecular formula is C122H113N5O4S. The fraction of sp³-hybridized carbons (Fsp3) is 0.156. The number of allylic oxidation sites excluding steroid dienone is 11. The zero-order chi connectivity index (χ0) is 91.1. The van der Waals surface area contributed by atoms with Gasteiger partial charge in [-0.3, -0.25) is 4.79 Å². The van der Waals surface area contributed by atoms with Crippen molar-refractivity contribution < 1.29 is 13.9 Å². The number of nitrogens with one attached hydrogen (secondary N) is 2. The number of piperidine rings is 1. The van der Waals surface area contributed by atoms with E-state index in [1.807, 2.05) is 73.7 Å². The number of hydrogen-bond donors (Lipinski definition) is 2. The van der Waals surface area contributed by atoms with Gasteiger partial charge in [0.15, 0.2) is 5.78 Å². The highest BCUT2D eigenvalue weighted by Crippen LogP contribution is 2.43. The molecule has 2 aromatic heterocycles. The van der Waals surface area contributed by atoms with E-state index in [9.17, 15) is 9.59 Å². The third-order valence-electron chi connectivity index (χ3n) is 24.8.